The molecule has 0 aromatic carbocycles. The highest BCUT2D eigenvalue weighted by atomic mass is 16.5. The fourth-order valence-corrected chi connectivity index (χ4v) is 0.963. The predicted octanol–water partition coefficient (Wildman–Crippen LogP) is 0.893. The second kappa shape index (κ2) is 5.58. The molecule has 15 heavy (non-hydrogen) atoms. The quantitative estimate of drug-likeness (QED) is 0.686. The lowest BCUT2D eigenvalue weighted by Gasteiger charge is -2.22. The number of carbonyl (C=O) groups is 2. The van der Waals surface area contributed by atoms with E-state index in [-0.39, 0.29) is 24.6 Å². The van der Waals surface area contributed by atoms with Gasteiger partial charge in [0.2, 0.25) is 0 Å². The summed E-state index contributed by atoms with van der Waals surface area (Å²) in [6.45, 7) is 7.41. The fourth-order valence-electron chi connectivity index (χ4n) is 0.963. The Morgan fingerprint density at radius 3 is 2.27 bits per heavy atom. The van der Waals surface area contributed by atoms with Gasteiger partial charge in [0.25, 0.3) is 0 Å². The van der Waals surface area contributed by atoms with E-state index in [4.69, 9.17) is 0 Å². The van der Waals surface area contributed by atoms with Crippen molar-refractivity contribution >= 4 is 12.0 Å². The molecule has 0 fully saturated rings. The van der Waals surface area contributed by atoms with Crippen LogP contribution >= 0.6 is 0 Å². The second-order valence-corrected chi connectivity index (χ2v) is 4.36. The van der Waals surface area contributed by atoms with Crippen LogP contribution in [-0.4, -0.2) is 31.7 Å². The molecule has 0 unspecified atom stereocenters. The highest BCUT2D eigenvalue weighted by Crippen LogP contribution is 2.14. The number of hydrogen-bond donors (Lipinski definition) is 2. The molecule has 88 valence electrons. The minimum atomic E-state index is -0.705. The summed E-state index contributed by atoms with van der Waals surface area (Å²) >= 11 is 0. The van der Waals surface area contributed by atoms with E-state index < -0.39 is 5.41 Å². The van der Waals surface area contributed by atoms with Crippen molar-refractivity contribution in [3.8, 4) is 0 Å². The van der Waals surface area contributed by atoms with Gasteiger partial charge in [-0.1, -0.05) is 0 Å². The van der Waals surface area contributed by atoms with E-state index in [1.807, 2.05) is 13.8 Å². The van der Waals surface area contributed by atoms with Gasteiger partial charge in [0, 0.05) is 12.6 Å². The fraction of sp³-hybridized carbons (Fsp3) is 0.800. The Balaban J connectivity index is 4.04. The standard InChI is InChI=1S/C10H20N2O3/c1-7(2)12-9(14)11-6-10(3,4)8(13)15-5/h7H,6H2,1-5H3,(H2,11,12,14). The molecule has 2 amide bonds. The predicted molar refractivity (Wildman–Crippen MR) is 57.5 cm³/mol. The molecular weight excluding hydrogens is 196 g/mol. The molecule has 5 heteroatoms. The Morgan fingerprint density at radius 1 is 1.33 bits per heavy atom. The first-order valence-electron chi connectivity index (χ1n) is 4.92. The topological polar surface area (TPSA) is 67.4 Å². The average molecular weight is 216 g/mol. The Kier molecular flexibility index (Phi) is 5.11. The van der Waals surface area contributed by atoms with Crippen LogP contribution in [-0.2, 0) is 9.53 Å². The Hall–Kier alpha value is -1.26. The van der Waals surface area contributed by atoms with Gasteiger partial charge in [-0.2, -0.15) is 0 Å². The van der Waals surface area contributed by atoms with Crippen molar-refractivity contribution in [1.29, 1.82) is 0 Å². The first-order chi connectivity index (χ1) is 6.79. The van der Waals surface area contributed by atoms with E-state index in [0.717, 1.165) is 0 Å². The van der Waals surface area contributed by atoms with E-state index >= 15 is 0 Å². The lowest BCUT2D eigenvalue weighted by atomic mass is 9.94. The molecule has 0 aliphatic carbocycles. The van der Waals surface area contributed by atoms with Crippen LogP contribution in [0.2, 0.25) is 0 Å². The van der Waals surface area contributed by atoms with Crippen LogP contribution in [0.25, 0.3) is 0 Å². The van der Waals surface area contributed by atoms with Crippen molar-refractivity contribution < 1.29 is 14.3 Å². The molecule has 0 spiro atoms. The van der Waals surface area contributed by atoms with Crippen LogP contribution < -0.4 is 10.6 Å². The van der Waals surface area contributed by atoms with E-state index in [2.05, 4.69) is 15.4 Å². The molecule has 5 nitrogen and oxygen atoms in total. The van der Waals surface area contributed by atoms with Crippen molar-refractivity contribution in [2.24, 2.45) is 5.41 Å². The van der Waals surface area contributed by atoms with E-state index in [0.29, 0.717) is 0 Å². The van der Waals surface area contributed by atoms with Crippen molar-refractivity contribution in [3.05, 3.63) is 0 Å². The van der Waals surface area contributed by atoms with Gasteiger partial charge >= 0.3 is 12.0 Å². The smallest absolute Gasteiger partial charge is 0.315 e. The highest BCUT2D eigenvalue weighted by Gasteiger charge is 2.29. The van der Waals surface area contributed by atoms with Crippen LogP contribution in [0.15, 0.2) is 0 Å². The van der Waals surface area contributed by atoms with Crippen LogP contribution in [0.4, 0.5) is 4.79 Å². The van der Waals surface area contributed by atoms with Crippen molar-refractivity contribution in [2.75, 3.05) is 13.7 Å². The zero-order valence-corrected chi connectivity index (χ0v) is 10.0. The summed E-state index contributed by atoms with van der Waals surface area (Å²) in [7, 11) is 1.33. The Morgan fingerprint density at radius 2 is 1.87 bits per heavy atom. The SMILES string of the molecule is COC(=O)C(C)(C)CNC(=O)NC(C)C. The summed E-state index contributed by atoms with van der Waals surface area (Å²) in [6, 6.07) is -0.201. The van der Waals surface area contributed by atoms with Crippen LogP contribution in [0, 0.1) is 5.41 Å². The molecular formula is C10H20N2O3. The number of methoxy groups -OCH3 is 1. The van der Waals surface area contributed by atoms with E-state index in [1.165, 1.54) is 7.11 Å². The molecule has 0 atom stereocenters. The van der Waals surface area contributed by atoms with E-state index in [9.17, 15) is 9.59 Å². The van der Waals surface area contributed by atoms with Crippen molar-refractivity contribution in [3.63, 3.8) is 0 Å². The molecule has 0 radical (unpaired) electrons. The van der Waals surface area contributed by atoms with Crippen molar-refractivity contribution in [1.82, 2.24) is 10.6 Å². The molecule has 0 rings (SSSR count). The van der Waals surface area contributed by atoms with Gasteiger partial charge in [-0.05, 0) is 27.7 Å². The number of carbonyl (C=O) groups excluding carboxylic acids is 2. The lowest BCUT2D eigenvalue weighted by Crippen LogP contribution is -2.45. The average Bonchev–Trinajstić information content (AvgIpc) is 2.12. The largest absolute Gasteiger partial charge is 0.469 e. The summed E-state index contributed by atoms with van der Waals surface area (Å²) in [6.07, 6.45) is 0. The maximum atomic E-state index is 11.3. The molecule has 0 aliphatic heterocycles. The minimum absolute atomic E-state index is 0.0752. The number of amides is 2. The highest BCUT2D eigenvalue weighted by molar-refractivity contribution is 5.78. The number of ether oxygens (including phenoxy) is 1. The van der Waals surface area contributed by atoms with Gasteiger partial charge in [0.15, 0.2) is 0 Å². The zero-order chi connectivity index (χ0) is 12.1. The zero-order valence-electron chi connectivity index (χ0n) is 10.0. The third-order valence-corrected chi connectivity index (χ3v) is 1.85. The summed E-state index contributed by atoms with van der Waals surface area (Å²) in [4.78, 5) is 22.5. The maximum Gasteiger partial charge on any atom is 0.315 e. The molecule has 0 heterocycles. The van der Waals surface area contributed by atoms with E-state index in [1.54, 1.807) is 13.8 Å². The number of urea groups is 1. The minimum Gasteiger partial charge on any atom is -0.469 e. The molecule has 0 aliphatic rings. The first-order valence-corrected chi connectivity index (χ1v) is 4.92. The van der Waals surface area contributed by atoms with Crippen LogP contribution in [0.1, 0.15) is 27.7 Å². The first kappa shape index (κ1) is 13.7. The molecule has 0 aromatic rings. The molecule has 0 aromatic heterocycles. The van der Waals surface area contributed by atoms with Gasteiger partial charge in [-0.15, -0.1) is 0 Å². The molecule has 0 saturated carbocycles. The van der Waals surface area contributed by atoms with Crippen LogP contribution in [0.3, 0.4) is 0 Å². The normalized spacial score (nSPS) is 11.1. The summed E-state index contributed by atoms with van der Waals surface area (Å²) in [5.74, 6) is -0.340. The van der Waals surface area contributed by atoms with Crippen LogP contribution in [0.5, 0.6) is 0 Å². The monoisotopic (exact) mass is 216 g/mol. The Labute approximate surface area is 90.6 Å². The third kappa shape index (κ3) is 5.24. The second-order valence-electron chi connectivity index (χ2n) is 4.36. The van der Waals surface area contributed by atoms with Gasteiger partial charge in [-0.25, -0.2) is 4.79 Å². The Bertz CT molecular complexity index is 237. The number of hydrogen-bond acceptors (Lipinski definition) is 3. The van der Waals surface area contributed by atoms with Crippen molar-refractivity contribution in [2.45, 2.75) is 33.7 Å². The molecule has 0 saturated heterocycles. The van der Waals surface area contributed by atoms with Gasteiger partial charge < -0.3 is 15.4 Å². The van der Waals surface area contributed by atoms with Gasteiger partial charge in [0.1, 0.15) is 0 Å². The number of esters is 1. The molecule has 0 bridgehead atoms. The summed E-state index contributed by atoms with van der Waals surface area (Å²) in [5, 5.41) is 5.29. The lowest BCUT2D eigenvalue weighted by molar-refractivity contribution is -0.150. The maximum absolute atomic E-state index is 11.3. The van der Waals surface area contributed by atoms with Gasteiger partial charge in [0.05, 0.1) is 12.5 Å². The summed E-state index contributed by atoms with van der Waals surface area (Å²) in [5.41, 5.74) is -0.705. The number of nitrogens with one attached hydrogen (secondary N) is 2. The van der Waals surface area contributed by atoms with Gasteiger partial charge in [-0.3, -0.25) is 4.79 Å². The molecule has 2 N–H and O–H groups in total. The number of rotatable bonds is 4. The summed E-state index contributed by atoms with van der Waals surface area (Å²) < 4.78 is 4.62. The third-order valence-electron chi connectivity index (χ3n) is 1.85.